The molecule has 0 fully saturated rings. The second-order valence-corrected chi connectivity index (χ2v) is 1.16. The van der Waals surface area contributed by atoms with Gasteiger partial charge in [0.1, 0.15) is 0 Å². The molecule has 0 aliphatic carbocycles. The van der Waals surface area contributed by atoms with E-state index in [0.29, 0.717) is 0 Å². The minimum absolute atomic E-state index is 0.116. The molecule has 0 aliphatic rings. The van der Waals surface area contributed by atoms with Crippen LogP contribution in [0.1, 0.15) is 0 Å². The predicted molar refractivity (Wildman–Crippen MR) is 23.1 cm³/mol. The third-order valence-electron chi connectivity index (χ3n) is 0.582. The van der Waals surface area contributed by atoms with Gasteiger partial charge in [-0.3, -0.25) is 5.10 Å². The molecule has 6 nitrogen and oxygen atoms in total. The molecular formula is C3H2N3O3. The fourth-order valence-corrected chi connectivity index (χ4v) is 0.326. The van der Waals surface area contributed by atoms with Crippen molar-refractivity contribution in [2.75, 3.05) is 0 Å². The Bertz CT molecular complexity index is 194. The van der Waals surface area contributed by atoms with Gasteiger partial charge in [0.2, 0.25) is 0 Å². The maximum atomic E-state index is 9.65. The van der Waals surface area contributed by atoms with Gasteiger partial charge in [-0.25, -0.2) is 0 Å². The molecule has 47 valence electrons. The molecule has 1 aromatic heterocycles. The highest BCUT2D eigenvalue weighted by molar-refractivity contribution is 5.59. The molecule has 0 aliphatic heterocycles. The number of hydrogen-bond donors (Lipinski definition) is 1. The summed E-state index contributed by atoms with van der Waals surface area (Å²) in [6, 6.07) is 0. The van der Waals surface area contributed by atoms with E-state index in [2.05, 4.69) is 20.1 Å². The lowest BCUT2D eigenvalue weighted by Gasteiger charge is -1.84. The molecule has 0 amide bonds. The number of H-pyrrole nitrogens is 1. The number of aromatic nitrogens is 3. The maximum absolute atomic E-state index is 9.65. The largest absolute Gasteiger partial charge is 0.557 e. The molecule has 1 radical (unpaired) electrons. The summed E-state index contributed by atoms with van der Waals surface area (Å²) in [5, 5.41) is 18.3. The first-order valence-electron chi connectivity index (χ1n) is 2.04. The van der Waals surface area contributed by atoms with Crippen LogP contribution in [0.25, 0.3) is 0 Å². The maximum Gasteiger partial charge on any atom is 0.557 e. The number of ether oxygens (including phenoxy) is 1. The zero-order valence-electron chi connectivity index (χ0n) is 4.20. The lowest BCUT2D eigenvalue weighted by Crippen LogP contribution is -2.00. The summed E-state index contributed by atoms with van der Waals surface area (Å²) in [6.45, 7) is 0. The monoisotopic (exact) mass is 128 g/mol. The fraction of sp³-hybridized carbons (Fsp3) is 0. The van der Waals surface area contributed by atoms with E-state index in [1.54, 1.807) is 0 Å². The van der Waals surface area contributed by atoms with Crippen LogP contribution in [0.2, 0.25) is 0 Å². The zero-order chi connectivity index (χ0) is 6.69. The molecule has 1 rings (SSSR count). The molecule has 0 aromatic carbocycles. The summed E-state index contributed by atoms with van der Waals surface area (Å²) in [4.78, 5) is 9.65. The Hall–Kier alpha value is -1.59. The minimum atomic E-state index is -1.65. The average Bonchev–Trinajstić information content (AvgIpc) is 2.15. The van der Waals surface area contributed by atoms with Crippen LogP contribution in [0.5, 0.6) is 5.88 Å². The summed E-state index contributed by atoms with van der Waals surface area (Å²) in [5.74, 6) is -0.116. The van der Waals surface area contributed by atoms with Crippen molar-refractivity contribution in [1.29, 1.82) is 0 Å². The molecule has 1 aromatic rings. The number of carbonyl (C=O) groups is 1. The summed E-state index contributed by atoms with van der Waals surface area (Å²) >= 11 is 0. The average molecular weight is 128 g/mol. The van der Waals surface area contributed by atoms with Gasteiger partial charge in [0.15, 0.2) is 0 Å². The Labute approximate surface area is 49.5 Å². The molecule has 0 spiro atoms. The van der Waals surface area contributed by atoms with Crippen molar-refractivity contribution in [2.45, 2.75) is 0 Å². The lowest BCUT2D eigenvalue weighted by atomic mass is 10.8. The van der Waals surface area contributed by atoms with E-state index in [-0.39, 0.29) is 5.88 Å². The highest BCUT2D eigenvalue weighted by Crippen LogP contribution is 1.98. The molecular weight excluding hydrogens is 126 g/mol. The van der Waals surface area contributed by atoms with E-state index in [0.717, 1.165) is 0 Å². The van der Waals surface area contributed by atoms with Crippen LogP contribution in [0.15, 0.2) is 6.20 Å². The first-order valence-corrected chi connectivity index (χ1v) is 2.04. The molecule has 6 heteroatoms. The number of rotatable bonds is 1. The first kappa shape index (κ1) is 5.54. The van der Waals surface area contributed by atoms with Crippen LogP contribution in [-0.4, -0.2) is 21.6 Å². The van der Waals surface area contributed by atoms with Gasteiger partial charge in [0.05, 0.1) is 6.20 Å². The SMILES string of the molecule is [O]C(=O)Oc1c[nH]nn1. The summed E-state index contributed by atoms with van der Waals surface area (Å²) in [6.07, 6.45) is -0.459. The fourth-order valence-electron chi connectivity index (χ4n) is 0.326. The minimum Gasteiger partial charge on any atom is -0.370 e. The summed E-state index contributed by atoms with van der Waals surface area (Å²) in [5.41, 5.74) is 0. The van der Waals surface area contributed by atoms with Crippen LogP contribution in [0.3, 0.4) is 0 Å². The second-order valence-electron chi connectivity index (χ2n) is 1.16. The molecule has 9 heavy (non-hydrogen) atoms. The van der Waals surface area contributed by atoms with Gasteiger partial charge in [-0.15, -0.1) is 0 Å². The molecule has 0 bridgehead atoms. The van der Waals surface area contributed by atoms with Gasteiger partial charge in [-0.05, 0) is 0 Å². The Morgan fingerprint density at radius 3 is 3.00 bits per heavy atom. The van der Waals surface area contributed by atoms with Gasteiger partial charge in [0.25, 0.3) is 5.88 Å². The zero-order valence-corrected chi connectivity index (χ0v) is 4.20. The second kappa shape index (κ2) is 2.12. The molecule has 0 atom stereocenters. The molecule has 0 saturated heterocycles. The Kier molecular flexibility index (Phi) is 1.31. The number of hydrogen-bond acceptors (Lipinski definition) is 4. The number of nitrogens with zero attached hydrogens (tertiary/aromatic N) is 2. The van der Waals surface area contributed by atoms with Gasteiger partial charge < -0.3 is 4.74 Å². The van der Waals surface area contributed by atoms with Crippen molar-refractivity contribution < 1.29 is 14.6 Å². The van der Waals surface area contributed by atoms with Gasteiger partial charge >= 0.3 is 6.16 Å². The van der Waals surface area contributed by atoms with Crippen LogP contribution in [0, 0.1) is 0 Å². The van der Waals surface area contributed by atoms with Crippen molar-refractivity contribution in [3.8, 4) is 5.88 Å². The molecule has 0 unspecified atom stereocenters. The van der Waals surface area contributed by atoms with Crippen molar-refractivity contribution in [3.63, 3.8) is 0 Å². The Morgan fingerprint density at radius 1 is 1.78 bits per heavy atom. The van der Waals surface area contributed by atoms with Crippen LogP contribution in [0.4, 0.5) is 4.79 Å². The van der Waals surface area contributed by atoms with Crippen molar-refractivity contribution in [2.24, 2.45) is 0 Å². The molecule has 1 N–H and O–H groups in total. The predicted octanol–water partition coefficient (Wildman–Crippen LogP) is -0.266. The van der Waals surface area contributed by atoms with E-state index < -0.39 is 6.16 Å². The van der Waals surface area contributed by atoms with E-state index in [1.165, 1.54) is 6.20 Å². The van der Waals surface area contributed by atoms with Crippen molar-refractivity contribution in [1.82, 2.24) is 15.4 Å². The van der Waals surface area contributed by atoms with E-state index in [9.17, 15) is 9.90 Å². The van der Waals surface area contributed by atoms with Crippen LogP contribution >= 0.6 is 0 Å². The number of carbonyl (C=O) groups excluding carboxylic acids is 1. The van der Waals surface area contributed by atoms with E-state index >= 15 is 0 Å². The number of nitrogens with one attached hydrogen (secondary N) is 1. The lowest BCUT2D eigenvalue weighted by molar-refractivity contribution is 0.115. The van der Waals surface area contributed by atoms with Crippen molar-refractivity contribution >= 4 is 6.16 Å². The third-order valence-corrected chi connectivity index (χ3v) is 0.582. The summed E-state index contributed by atoms with van der Waals surface area (Å²) in [7, 11) is 0. The van der Waals surface area contributed by atoms with Gasteiger partial charge in [-0.1, -0.05) is 10.3 Å². The quantitative estimate of drug-likeness (QED) is 0.527. The number of aromatic amines is 1. The Morgan fingerprint density at radius 2 is 2.56 bits per heavy atom. The van der Waals surface area contributed by atoms with Crippen molar-refractivity contribution in [3.05, 3.63) is 6.20 Å². The highest BCUT2D eigenvalue weighted by atomic mass is 16.7. The van der Waals surface area contributed by atoms with Gasteiger partial charge in [-0.2, -0.15) is 9.90 Å². The normalized spacial score (nSPS) is 8.89. The van der Waals surface area contributed by atoms with Gasteiger partial charge in [0, 0.05) is 0 Å². The van der Waals surface area contributed by atoms with E-state index in [4.69, 9.17) is 0 Å². The van der Waals surface area contributed by atoms with Crippen LogP contribution < -0.4 is 4.74 Å². The molecule has 0 saturated carbocycles. The summed E-state index contributed by atoms with van der Waals surface area (Å²) < 4.78 is 3.95. The highest BCUT2D eigenvalue weighted by Gasteiger charge is 2.03. The first-order chi connectivity index (χ1) is 4.29. The Balaban J connectivity index is 2.58. The third kappa shape index (κ3) is 1.41. The topological polar surface area (TPSA) is 87.8 Å². The smallest absolute Gasteiger partial charge is 0.370 e. The standard InChI is InChI=1S/C3H2N3O3/c7-3(8)9-2-1-4-6-5-2/h1H,(H,4,5,6). The molecule has 1 heterocycles. The van der Waals surface area contributed by atoms with E-state index in [1.807, 2.05) is 0 Å². The van der Waals surface area contributed by atoms with Crippen LogP contribution in [-0.2, 0) is 5.11 Å².